The van der Waals surface area contributed by atoms with Gasteiger partial charge in [-0.3, -0.25) is 9.59 Å². The van der Waals surface area contributed by atoms with Crippen molar-refractivity contribution in [2.45, 2.75) is 0 Å². The lowest BCUT2D eigenvalue weighted by Gasteiger charge is -2.10. The first-order chi connectivity index (χ1) is 21.4. The van der Waals surface area contributed by atoms with Crippen molar-refractivity contribution >= 4 is 68.1 Å². The van der Waals surface area contributed by atoms with Crippen LogP contribution in [0.15, 0.2) is 133 Å². The van der Waals surface area contributed by atoms with Crippen molar-refractivity contribution in [3.63, 3.8) is 0 Å². The summed E-state index contributed by atoms with van der Waals surface area (Å²) >= 11 is 0. The fourth-order valence-corrected chi connectivity index (χ4v) is 4.67. The van der Waals surface area contributed by atoms with E-state index >= 15 is 0 Å². The number of amides is 2. The molecule has 6 rings (SSSR count). The lowest BCUT2D eigenvalue weighted by molar-refractivity contribution is 0.101. The highest BCUT2D eigenvalue weighted by Crippen LogP contribution is 2.24. The van der Waals surface area contributed by atoms with Crippen molar-refractivity contribution in [1.82, 2.24) is 0 Å². The number of fused-ring (bicyclic) bond motifs is 1. The molecule has 6 aromatic carbocycles. The van der Waals surface area contributed by atoms with Crippen LogP contribution in [-0.2, 0) is 0 Å². The molecule has 2 amide bonds. The van der Waals surface area contributed by atoms with Gasteiger partial charge in [-0.2, -0.15) is 0 Å². The summed E-state index contributed by atoms with van der Waals surface area (Å²) in [5.74, 6) is -0.440. The van der Waals surface area contributed by atoms with E-state index in [0.717, 1.165) is 33.5 Å². The quantitative estimate of drug-likeness (QED) is 0.101. The van der Waals surface area contributed by atoms with Gasteiger partial charge < -0.3 is 32.7 Å². The highest BCUT2D eigenvalue weighted by Gasteiger charge is 2.11. The molecule has 0 atom stereocenters. The summed E-state index contributed by atoms with van der Waals surface area (Å²) < 4.78 is 0. The van der Waals surface area contributed by atoms with E-state index in [9.17, 15) is 9.59 Å². The Morgan fingerprint density at radius 2 is 0.682 bits per heavy atom. The van der Waals surface area contributed by atoms with Crippen LogP contribution in [0.4, 0.5) is 45.5 Å². The van der Waals surface area contributed by atoms with Crippen LogP contribution in [0.1, 0.15) is 20.7 Å². The standard InChI is InChI=1S/C36H30N6O2/c37-27-5-9-29(10-6-27)39-31-13-17-33(18-14-31)41-35(43)25-3-1-23-21-26(4-2-24(23)22-25)36(44)42-34-19-15-32(16-20-34)40-30-11-7-28(38)8-12-30/h1-22,39-40H,37-38H2,(H,41,43)(H,42,44). The van der Waals surface area contributed by atoms with Gasteiger partial charge in [0, 0.05) is 56.6 Å². The summed E-state index contributed by atoms with van der Waals surface area (Å²) in [6.07, 6.45) is 0. The zero-order valence-electron chi connectivity index (χ0n) is 23.7. The summed E-state index contributed by atoms with van der Waals surface area (Å²) in [4.78, 5) is 25.9. The smallest absolute Gasteiger partial charge is 0.255 e. The molecule has 0 radical (unpaired) electrons. The third-order valence-electron chi connectivity index (χ3n) is 7.05. The SMILES string of the molecule is Nc1ccc(Nc2ccc(NC(=O)c3ccc4cc(C(=O)Nc5ccc(Nc6ccc(N)cc6)cc5)ccc4c3)cc2)cc1. The third-order valence-corrected chi connectivity index (χ3v) is 7.05. The second kappa shape index (κ2) is 12.3. The van der Waals surface area contributed by atoms with Crippen LogP contribution in [0.3, 0.4) is 0 Å². The number of carbonyl (C=O) groups excluding carboxylic acids is 2. The molecule has 0 aliphatic rings. The maximum absolute atomic E-state index is 13.0. The van der Waals surface area contributed by atoms with Gasteiger partial charge in [0.15, 0.2) is 0 Å². The third kappa shape index (κ3) is 6.78. The number of nitrogens with one attached hydrogen (secondary N) is 4. The van der Waals surface area contributed by atoms with E-state index in [0.29, 0.717) is 33.9 Å². The molecule has 0 unspecified atom stereocenters. The molecule has 0 fully saturated rings. The Kier molecular flexibility index (Phi) is 7.79. The van der Waals surface area contributed by atoms with E-state index in [-0.39, 0.29) is 11.8 Å². The van der Waals surface area contributed by atoms with Crippen LogP contribution < -0.4 is 32.7 Å². The van der Waals surface area contributed by atoms with E-state index in [1.54, 1.807) is 12.1 Å². The Labute approximate surface area is 254 Å². The van der Waals surface area contributed by atoms with Crippen LogP contribution in [0.25, 0.3) is 10.8 Å². The molecular weight excluding hydrogens is 548 g/mol. The van der Waals surface area contributed by atoms with Crippen LogP contribution in [0.5, 0.6) is 0 Å². The summed E-state index contributed by atoms with van der Waals surface area (Å²) in [5, 5.41) is 14.2. The van der Waals surface area contributed by atoms with Crippen molar-refractivity contribution in [2.24, 2.45) is 0 Å². The van der Waals surface area contributed by atoms with Gasteiger partial charge in [0.25, 0.3) is 11.8 Å². The maximum Gasteiger partial charge on any atom is 0.255 e. The minimum Gasteiger partial charge on any atom is -0.399 e. The summed E-state index contributed by atoms with van der Waals surface area (Å²) in [6.45, 7) is 0. The van der Waals surface area contributed by atoms with E-state index in [2.05, 4.69) is 21.3 Å². The predicted molar refractivity (Wildman–Crippen MR) is 181 cm³/mol. The van der Waals surface area contributed by atoms with Crippen LogP contribution in [0, 0.1) is 0 Å². The number of hydrogen-bond acceptors (Lipinski definition) is 6. The van der Waals surface area contributed by atoms with Crippen LogP contribution >= 0.6 is 0 Å². The first-order valence-electron chi connectivity index (χ1n) is 14.0. The molecule has 0 spiro atoms. The van der Waals surface area contributed by atoms with Gasteiger partial charge in [-0.1, -0.05) is 12.1 Å². The van der Waals surface area contributed by atoms with Crippen molar-refractivity contribution in [2.75, 3.05) is 32.7 Å². The Balaban J connectivity index is 1.06. The molecule has 0 saturated carbocycles. The van der Waals surface area contributed by atoms with E-state index < -0.39 is 0 Å². The maximum atomic E-state index is 13.0. The normalized spacial score (nSPS) is 10.6. The molecular formula is C36H30N6O2. The van der Waals surface area contributed by atoms with E-state index in [1.165, 1.54) is 0 Å². The number of anilines is 8. The first kappa shape index (κ1) is 27.9. The van der Waals surface area contributed by atoms with Crippen LogP contribution in [-0.4, -0.2) is 11.8 Å². The largest absolute Gasteiger partial charge is 0.399 e. The molecule has 0 aromatic heterocycles. The minimum absolute atomic E-state index is 0.220. The number of nitrogens with two attached hydrogens (primary N) is 2. The Hall–Kier alpha value is -6.28. The second-order valence-electron chi connectivity index (χ2n) is 10.3. The Morgan fingerprint density at radius 3 is 1.02 bits per heavy atom. The molecule has 216 valence electrons. The molecule has 0 aliphatic heterocycles. The molecule has 44 heavy (non-hydrogen) atoms. The average Bonchev–Trinajstić information content (AvgIpc) is 3.04. The summed E-state index contributed by atoms with van der Waals surface area (Å²) in [7, 11) is 0. The molecule has 8 nitrogen and oxygen atoms in total. The van der Waals surface area contributed by atoms with Crippen molar-refractivity contribution in [3.05, 3.63) is 145 Å². The second-order valence-corrected chi connectivity index (χ2v) is 10.3. The zero-order chi connectivity index (χ0) is 30.5. The van der Waals surface area contributed by atoms with E-state index in [1.807, 2.05) is 121 Å². The topological polar surface area (TPSA) is 134 Å². The fourth-order valence-electron chi connectivity index (χ4n) is 4.67. The number of carbonyl (C=O) groups is 2. The molecule has 0 heterocycles. The van der Waals surface area contributed by atoms with Crippen LogP contribution in [0.2, 0.25) is 0 Å². The van der Waals surface area contributed by atoms with Gasteiger partial charge in [-0.25, -0.2) is 0 Å². The highest BCUT2D eigenvalue weighted by atomic mass is 16.2. The van der Waals surface area contributed by atoms with Gasteiger partial charge in [-0.05, 0) is 132 Å². The fraction of sp³-hybridized carbons (Fsp3) is 0. The predicted octanol–water partition coefficient (Wildman–Crippen LogP) is 8.00. The lowest BCUT2D eigenvalue weighted by atomic mass is 10.0. The molecule has 0 saturated heterocycles. The molecule has 8 heteroatoms. The van der Waals surface area contributed by atoms with Crippen molar-refractivity contribution in [3.8, 4) is 0 Å². The van der Waals surface area contributed by atoms with E-state index in [4.69, 9.17) is 11.5 Å². The monoisotopic (exact) mass is 578 g/mol. The Bertz CT molecular complexity index is 1790. The lowest BCUT2D eigenvalue weighted by Crippen LogP contribution is -2.12. The van der Waals surface area contributed by atoms with Gasteiger partial charge in [0.1, 0.15) is 0 Å². The highest BCUT2D eigenvalue weighted by molar-refractivity contribution is 6.09. The van der Waals surface area contributed by atoms with Crippen molar-refractivity contribution in [1.29, 1.82) is 0 Å². The number of hydrogen-bond donors (Lipinski definition) is 6. The summed E-state index contributed by atoms with van der Waals surface area (Å²) in [5.41, 5.74) is 18.9. The number of nitrogen functional groups attached to an aromatic ring is 2. The van der Waals surface area contributed by atoms with Gasteiger partial charge >= 0.3 is 0 Å². The average molecular weight is 579 g/mol. The van der Waals surface area contributed by atoms with Crippen molar-refractivity contribution < 1.29 is 9.59 Å². The Morgan fingerprint density at radius 1 is 0.386 bits per heavy atom. The minimum atomic E-state index is -0.220. The molecule has 0 bridgehead atoms. The van der Waals surface area contributed by atoms with Gasteiger partial charge in [-0.15, -0.1) is 0 Å². The molecule has 0 aliphatic carbocycles. The number of rotatable bonds is 8. The molecule has 8 N–H and O–H groups in total. The zero-order valence-corrected chi connectivity index (χ0v) is 23.7. The number of benzene rings is 6. The van der Waals surface area contributed by atoms with Gasteiger partial charge in [0.05, 0.1) is 0 Å². The summed E-state index contributed by atoms with van der Waals surface area (Å²) in [6, 6.07) is 40.7. The van der Waals surface area contributed by atoms with Gasteiger partial charge in [0.2, 0.25) is 0 Å². The first-order valence-corrected chi connectivity index (χ1v) is 14.0. The molecule has 6 aromatic rings.